The Morgan fingerprint density at radius 1 is 1.13 bits per heavy atom. The molecule has 0 saturated carbocycles. The fraction of sp³-hybridized carbons (Fsp3) is 0.316. The molecule has 23 heavy (non-hydrogen) atoms. The third kappa shape index (κ3) is 6.20. The zero-order valence-corrected chi connectivity index (χ0v) is 13.3. The molecular formula is C19H22FNO2. The van der Waals surface area contributed by atoms with Gasteiger partial charge < -0.3 is 10.1 Å². The molecule has 1 atom stereocenters. The summed E-state index contributed by atoms with van der Waals surface area (Å²) >= 11 is 0. The van der Waals surface area contributed by atoms with Crippen molar-refractivity contribution in [1.29, 1.82) is 0 Å². The molecule has 0 unspecified atom stereocenters. The molecule has 0 bridgehead atoms. The molecule has 0 saturated heterocycles. The highest BCUT2D eigenvalue weighted by atomic mass is 19.1. The molecular weight excluding hydrogens is 293 g/mol. The number of hydrogen-bond donors (Lipinski definition) is 1. The average Bonchev–Trinajstić information content (AvgIpc) is 2.57. The number of nitrogens with one attached hydrogen (secondary N) is 1. The molecule has 0 aliphatic heterocycles. The first-order valence-corrected chi connectivity index (χ1v) is 7.83. The van der Waals surface area contributed by atoms with Crippen molar-refractivity contribution in [1.82, 2.24) is 5.32 Å². The van der Waals surface area contributed by atoms with Gasteiger partial charge in [0, 0.05) is 13.2 Å². The fourth-order valence-electron chi connectivity index (χ4n) is 2.23. The summed E-state index contributed by atoms with van der Waals surface area (Å²) in [4.78, 5) is 11.8. The second kappa shape index (κ2) is 9.06. The van der Waals surface area contributed by atoms with E-state index in [-0.39, 0.29) is 24.2 Å². The lowest BCUT2D eigenvalue weighted by Crippen LogP contribution is -2.26. The number of rotatable bonds is 8. The van der Waals surface area contributed by atoms with Crippen LogP contribution in [0.2, 0.25) is 0 Å². The minimum Gasteiger partial charge on any atom is -0.374 e. The zero-order valence-electron chi connectivity index (χ0n) is 13.3. The highest BCUT2D eigenvalue weighted by Crippen LogP contribution is 2.15. The van der Waals surface area contributed by atoms with E-state index in [9.17, 15) is 9.18 Å². The summed E-state index contributed by atoms with van der Waals surface area (Å²) in [5, 5.41) is 2.85. The van der Waals surface area contributed by atoms with Crippen molar-refractivity contribution in [3.8, 4) is 0 Å². The fourth-order valence-corrected chi connectivity index (χ4v) is 2.23. The molecule has 0 fully saturated rings. The number of benzene rings is 2. The number of hydrogen-bond acceptors (Lipinski definition) is 2. The first-order chi connectivity index (χ1) is 11.1. The third-order valence-corrected chi connectivity index (χ3v) is 3.56. The van der Waals surface area contributed by atoms with Crippen molar-refractivity contribution in [3.63, 3.8) is 0 Å². The van der Waals surface area contributed by atoms with Crippen LogP contribution >= 0.6 is 0 Å². The predicted octanol–water partition coefficient (Wildman–Crippen LogP) is 3.65. The van der Waals surface area contributed by atoms with E-state index in [0.717, 1.165) is 17.5 Å². The number of halogens is 1. The molecule has 3 nitrogen and oxygen atoms in total. The number of carbonyl (C=O) groups excluding carboxylic acids is 1. The summed E-state index contributed by atoms with van der Waals surface area (Å²) in [5.74, 6) is -0.355. The molecule has 122 valence electrons. The summed E-state index contributed by atoms with van der Waals surface area (Å²) in [6, 6.07) is 16.0. The minimum absolute atomic E-state index is 0.0473. The summed E-state index contributed by atoms with van der Waals surface area (Å²) in [5.41, 5.74) is 1.95. The predicted molar refractivity (Wildman–Crippen MR) is 88.5 cm³/mol. The zero-order chi connectivity index (χ0) is 16.5. The second-order valence-electron chi connectivity index (χ2n) is 5.43. The summed E-state index contributed by atoms with van der Waals surface area (Å²) in [7, 11) is 0. The summed E-state index contributed by atoms with van der Waals surface area (Å²) in [6.07, 6.45) is 1.07. The topological polar surface area (TPSA) is 38.3 Å². The van der Waals surface area contributed by atoms with Gasteiger partial charge in [0.25, 0.3) is 0 Å². The number of carbonyl (C=O) groups is 1. The van der Waals surface area contributed by atoms with E-state index in [1.807, 2.05) is 37.3 Å². The molecule has 4 heteroatoms. The monoisotopic (exact) mass is 315 g/mol. The van der Waals surface area contributed by atoms with Crippen LogP contribution in [0.3, 0.4) is 0 Å². The van der Waals surface area contributed by atoms with E-state index >= 15 is 0 Å². The highest BCUT2D eigenvalue weighted by molar-refractivity contribution is 5.78. The van der Waals surface area contributed by atoms with Crippen molar-refractivity contribution in [2.24, 2.45) is 0 Å². The largest absolute Gasteiger partial charge is 0.374 e. The summed E-state index contributed by atoms with van der Waals surface area (Å²) < 4.78 is 18.5. The van der Waals surface area contributed by atoms with Gasteiger partial charge >= 0.3 is 0 Å². The van der Waals surface area contributed by atoms with Gasteiger partial charge in [0.2, 0.25) is 5.91 Å². The van der Waals surface area contributed by atoms with E-state index in [1.54, 1.807) is 12.1 Å². The van der Waals surface area contributed by atoms with E-state index in [0.29, 0.717) is 13.2 Å². The molecule has 0 radical (unpaired) electrons. The van der Waals surface area contributed by atoms with Crippen LogP contribution in [0.15, 0.2) is 54.6 Å². The first kappa shape index (κ1) is 17.2. The van der Waals surface area contributed by atoms with E-state index in [1.165, 1.54) is 12.1 Å². The minimum atomic E-state index is -0.293. The maximum Gasteiger partial charge on any atom is 0.224 e. The Bertz CT molecular complexity index is 599. The lowest BCUT2D eigenvalue weighted by molar-refractivity contribution is -0.120. The van der Waals surface area contributed by atoms with Gasteiger partial charge in [-0.2, -0.15) is 0 Å². The van der Waals surface area contributed by atoms with Crippen LogP contribution < -0.4 is 5.32 Å². The Morgan fingerprint density at radius 2 is 1.83 bits per heavy atom. The Labute approximate surface area is 136 Å². The van der Waals surface area contributed by atoms with Crippen LogP contribution in [-0.2, 0) is 16.0 Å². The van der Waals surface area contributed by atoms with Crippen molar-refractivity contribution in [2.45, 2.75) is 25.9 Å². The number of amides is 1. The SMILES string of the molecule is C[C@@H](OCCCNC(=O)Cc1ccc(F)cc1)c1ccccc1. The van der Waals surface area contributed by atoms with Gasteiger partial charge in [-0.1, -0.05) is 42.5 Å². The maximum absolute atomic E-state index is 12.8. The lowest BCUT2D eigenvalue weighted by atomic mass is 10.1. The third-order valence-electron chi connectivity index (χ3n) is 3.56. The highest BCUT2D eigenvalue weighted by Gasteiger charge is 2.05. The molecule has 0 aliphatic carbocycles. The number of ether oxygens (including phenoxy) is 1. The van der Waals surface area contributed by atoms with Crippen molar-refractivity contribution < 1.29 is 13.9 Å². The van der Waals surface area contributed by atoms with Gasteiger partial charge in [0.1, 0.15) is 5.82 Å². The standard InChI is InChI=1S/C19H22FNO2/c1-15(17-6-3-2-4-7-17)23-13-5-12-21-19(22)14-16-8-10-18(20)11-9-16/h2-4,6-11,15H,5,12-14H2,1H3,(H,21,22)/t15-/m1/s1. The Kier molecular flexibility index (Phi) is 6.76. The van der Waals surface area contributed by atoms with Crippen LogP contribution in [0.25, 0.3) is 0 Å². The Morgan fingerprint density at radius 3 is 2.52 bits per heavy atom. The molecule has 1 N–H and O–H groups in total. The summed E-state index contributed by atoms with van der Waals surface area (Å²) in [6.45, 7) is 3.18. The molecule has 2 aromatic carbocycles. The van der Waals surface area contributed by atoms with Gasteiger partial charge in [-0.3, -0.25) is 4.79 Å². The molecule has 0 spiro atoms. The van der Waals surface area contributed by atoms with Crippen LogP contribution in [0, 0.1) is 5.82 Å². The molecule has 0 heterocycles. The van der Waals surface area contributed by atoms with Crippen molar-refractivity contribution >= 4 is 5.91 Å². The van der Waals surface area contributed by atoms with Gasteiger partial charge in [-0.15, -0.1) is 0 Å². The lowest BCUT2D eigenvalue weighted by Gasteiger charge is -2.13. The van der Waals surface area contributed by atoms with E-state index in [2.05, 4.69) is 5.32 Å². The average molecular weight is 315 g/mol. The van der Waals surface area contributed by atoms with E-state index in [4.69, 9.17) is 4.74 Å². The normalized spacial score (nSPS) is 11.9. The van der Waals surface area contributed by atoms with Crippen molar-refractivity contribution in [2.75, 3.05) is 13.2 Å². The second-order valence-corrected chi connectivity index (χ2v) is 5.43. The van der Waals surface area contributed by atoms with Crippen LogP contribution in [0.5, 0.6) is 0 Å². The quantitative estimate of drug-likeness (QED) is 0.755. The van der Waals surface area contributed by atoms with Gasteiger partial charge in [-0.05, 0) is 36.6 Å². The molecule has 0 aliphatic rings. The van der Waals surface area contributed by atoms with Crippen LogP contribution in [0.4, 0.5) is 4.39 Å². The smallest absolute Gasteiger partial charge is 0.224 e. The van der Waals surface area contributed by atoms with Gasteiger partial charge in [0.15, 0.2) is 0 Å². The van der Waals surface area contributed by atoms with Crippen molar-refractivity contribution in [3.05, 3.63) is 71.5 Å². The van der Waals surface area contributed by atoms with Gasteiger partial charge in [0.05, 0.1) is 12.5 Å². The molecule has 1 amide bonds. The first-order valence-electron chi connectivity index (χ1n) is 7.83. The molecule has 2 aromatic rings. The maximum atomic E-state index is 12.8. The van der Waals surface area contributed by atoms with Crippen LogP contribution in [0.1, 0.15) is 30.6 Å². The van der Waals surface area contributed by atoms with Crippen LogP contribution in [-0.4, -0.2) is 19.1 Å². The Hall–Kier alpha value is -2.20. The molecule has 0 aromatic heterocycles. The Balaban J connectivity index is 1.60. The van der Waals surface area contributed by atoms with Gasteiger partial charge in [-0.25, -0.2) is 4.39 Å². The molecule has 2 rings (SSSR count). The van der Waals surface area contributed by atoms with E-state index < -0.39 is 0 Å².